The maximum atomic E-state index is 12.2. The van der Waals surface area contributed by atoms with E-state index in [0.717, 1.165) is 41.7 Å². The second kappa shape index (κ2) is 10.7. The molecule has 0 spiro atoms. The highest BCUT2D eigenvalue weighted by Gasteiger charge is 2.12. The van der Waals surface area contributed by atoms with Crippen LogP contribution in [0, 0.1) is 0 Å². The molecule has 0 radical (unpaired) electrons. The number of nitrogens with zero attached hydrogens (tertiary/aromatic N) is 2. The Bertz CT molecular complexity index is 1200. The van der Waals surface area contributed by atoms with Crippen LogP contribution in [0.1, 0.15) is 29.8 Å². The number of aromatic nitrogens is 2. The number of halogens is 2. The number of nitrogens with one attached hydrogen (secondary N) is 1. The maximum absolute atomic E-state index is 12.2. The molecule has 4 aromatic rings. The first-order chi connectivity index (χ1) is 15.6. The Morgan fingerprint density at radius 2 is 1.66 bits per heavy atom. The molecule has 164 valence electrons. The minimum absolute atomic E-state index is 0.0816. The summed E-state index contributed by atoms with van der Waals surface area (Å²) >= 11 is 12.3. The number of rotatable bonds is 9. The molecule has 4 nitrogen and oxygen atoms in total. The quantitative estimate of drug-likeness (QED) is 0.304. The van der Waals surface area contributed by atoms with Gasteiger partial charge in [0.25, 0.3) is 0 Å². The van der Waals surface area contributed by atoms with Crippen LogP contribution in [0.15, 0.2) is 72.8 Å². The number of benzene rings is 3. The number of carbonyl (C=O) groups is 1. The molecule has 0 bridgehead atoms. The van der Waals surface area contributed by atoms with Gasteiger partial charge in [-0.15, -0.1) is 0 Å². The van der Waals surface area contributed by atoms with Crippen molar-refractivity contribution in [3.05, 3.63) is 99.8 Å². The van der Waals surface area contributed by atoms with Crippen molar-refractivity contribution in [1.29, 1.82) is 0 Å². The van der Waals surface area contributed by atoms with Crippen molar-refractivity contribution in [3.63, 3.8) is 0 Å². The van der Waals surface area contributed by atoms with Gasteiger partial charge in [0.15, 0.2) is 0 Å². The molecule has 0 aliphatic rings. The monoisotopic (exact) mass is 465 g/mol. The van der Waals surface area contributed by atoms with Gasteiger partial charge in [-0.1, -0.05) is 71.7 Å². The third-order valence-electron chi connectivity index (χ3n) is 5.44. The van der Waals surface area contributed by atoms with Gasteiger partial charge in [0.2, 0.25) is 5.91 Å². The van der Waals surface area contributed by atoms with Crippen LogP contribution in [0.4, 0.5) is 0 Å². The zero-order chi connectivity index (χ0) is 22.3. The summed E-state index contributed by atoms with van der Waals surface area (Å²) in [5.41, 5.74) is 4.30. The average molecular weight is 466 g/mol. The number of aryl methyl sites for hydroxylation is 2. The summed E-state index contributed by atoms with van der Waals surface area (Å²) in [6, 6.07) is 23.9. The molecule has 4 rings (SSSR count). The first-order valence-electron chi connectivity index (χ1n) is 10.8. The second-order valence-electron chi connectivity index (χ2n) is 7.79. The van der Waals surface area contributed by atoms with Gasteiger partial charge in [-0.05, 0) is 48.2 Å². The standard InChI is InChI=1S/C26H25Cl2N3O/c27-21-14-12-20(17-22(21)28)18-31-24-10-5-4-9-23(24)30-25(31)11-6-16-29-26(32)15-13-19-7-2-1-3-8-19/h1-5,7-10,12,14,17H,6,11,13,15-16,18H2,(H,29,32). The van der Waals surface area contributed by atoms with E-state index in [1.165, 1.54) is 5.56 Å². The molecule has 1 N–H and O–H groups in total. The molecule has 1 heterocycles. The lowest BCUT2D eigenvalue weighted by molar-refractivity contribution is -0.121. The van der Waals surface area contributed by atoms with E-state index in [9.17, 15) is 4.79 Å². The molecule has 3 aromatic carbocycles. The van der Waals surface area contributed by atoms with Crippen molar-refractivity contribution in [1.82, 2.24) is 14.9 Å². The largest absolute Gasteiger partial charge is 0.356 e. The number of hydrogen-bond acceptors (Lipinski definition) is 2. The first-order valence-corrected chi connectivity index (χ1v) is 11.5. The normalized spacial score (nSPS) is 11.1. The van der Waals surface area contributed by atoms with Crippen LogP contribution >= 0.6 is 23.2 Å². The SMILES string of the molecule is O=C(CCc1ccccc1)NCCCc1nc2ccccc2n1Cc1ccc(Cl)c(Cl)c1. The Balaban J connectivity index is 1.36. The van der Waals surface area contributed by atoms with Gasteiger partial charge in [-0.25, -0.2) is 4.98 Å². The van der Waals surface area contributed by atoms with E-state index < -0.39 is 0 Å². The van der Waals surface area contributed by atoms with Crippen LogP contribution in [0.5, 0.6) is 0 Å². The first kappa shape index (κ1) is 22.4. The summed E-state index contributed by atoms with van der Waals surface area (Å²) < 4.78 is 2.21. The van der Waals surface area contributed by atoms with E-state index >= 15 is 0 Å². The van der Waals surface area contributed by atoms with Crippen LogP contribution < -0.4 is 5.32 Å². The number of para-hydroxylation sites is 2. The Morgan fingerprint density at radius 1 is 0.875 bits per heavy atom. The van der Waals surface area contributed by atoms with E-state index in [0.29, 0.717) is 29.6 Å². The number of imidazole rings is 1. The van der Waals surface area contributed by atoms with Crippen LogP contribution in [0.25, 0.3) is 11.0 Å². The van der Waals surface area contributed by atoms with Gasteiger partial charge in [-0.3, -0.25) is 4.79 Å². The summed E-state index contributed by atoms with van der Waals surface area (Å²) in [7, 11) is 0. The van der Waals surface area contributed by atoms with E-state index in [2.05, 4.69) is 16.0 Å². The highest BCUT2D eigenvalue weighted by atomic mass is 35.5. The van der Waals surface area contributed by atoms with Crippen molar-refractivity contribution < 1.29 is 4.79 Å². The second-order valence-corrected chi connectivity index (χ2v) is 8.60. The van der Waals surface area contributed by atoms with Crippen molar-refractivity contribution in [3.8, 4) is 0 Å². The zero-order valence-electron chi connectivity index (χ0n) is 17.7. The molecule has 0 fully saturated rings. The predicted octanol–water partition coefficient (Wildman–Crippen LogP) is 6.07. The van der Waals surface area contributed by atoms with E-state index in [1.807, 2.05) is 66.7 Å². The molecule has 0 unspecified atom stereocenters. The number of hydrogen-bond donors (Lipinski definition) is 1. The molecule has 0 saturated carbocycles. The minimum atomic E-state index is 0.0816. The molecular formula is C26H25Cl2N3O. The molecule has 0 aliphatic heterocycles. The van der Waals surface area contributed by atoms with Gasteiger partial charge in [-0.2, -0.15) is 0 Å². The minimum Gasteiger partial charge on any atom is -0.356 e. The molecule has 1 amide bonds. The summed E-state index contributed by atoms with van der Waals surface area (Å²) in [5, 5.41) is 4.13. The lowest BCUT2D eigenvalue weighted by Crippen LogP contribution is -2.25. The Labute approximate surface area is 198 Å². The van der Waals surface area contributed by atoms with Gasteiger partial charge in [0.1, 0.15) is 5.82 Å². The van der Waals surface area contributed by atoms with Crippen LogP contribution in [-0.4, -0.2) is 22.0 Å². The highest BCUT2D eigenvalue weighted by molar-refractivity contribution is 6.42. The molecule has 6 heteroatoms. The van der Waals surface area contributed by atoms with Crippen LogP contribution in [0.3, 0.4) is 0 Å². The highest BCUT2D eigenvalue weighted by Crippen LogP contribution is 2.25. The van der Waals surface area contributed by atoms with E-state index in [1.54, 1.807) is 0 Å². The lowest BCUT2D eigenvalue weighted by Gasteiger charge is -2.11. The summed E-state index contributed by atoms with van der Waals surface area (Å²) in [6.45, 7) is 1.29. The Morgan fingerprint density at radius 3 is 2.47 bits per heavy atom. The third-order valence-corrected chi connectivity index (χ3v) is 6.18. The zero-order valence-corrected chi connectivity index (χ0v) is 19.2. The van der Waals surface area contributed by atoms with Crippen LogP contribution in [0.2, 0.25) is 10.0 Å². The fourth-order valence-electron chi connectivity index (χ4n) is 3.78. The van der Waals surface area contributed by atoms with E-state index in [-0.39, 0.29) is 5.91 Å². The van der Waals surface area contributed by atoms with Crippen molar-refractivity contribution in [2.24, 2.45) is 0 Å². The molecular weight excluding hydrogens is 441 g/mol. The molecule has 0 atom stereocenters. The van der Waals surface area contributed by atoms with Crippen LogP contribution in [-0.2, 0) is 24.2 Å². The Hall–Kier alpha value is -2.82. The number of carbonyl (C=O) groups excluding carboxylic acids is 1. The molecule has 0 aliphatic carbocycles. The van der Waals surface area contributed by atoms with Gasteiger partial charge in [0.05, 0.1) is 21.1 Å². The number of fused-ring (bicyclic) bond motifs is 1. The molecule has 1 aromatic heterocycles. The maximum Gasteiger partial charge on any atom is 0.220 e. The van der Waals surface area contributed by atoms with Gasteiger partial charge < -0.3 is 9.88 Å². The summed E-state index contributed by atoms with van der Waals surface area (Å²) in [5.74, 6) is 1.08. The third kappa shape index (κ3) is 5.70. The molecule has 32 heavy (non-hydrogen) atoms. The summed E-state index contributed by atoms with van der Waals surface area (Å²) in [6.07, 6.45) is 2.85. The Kier molecular flexibility index (Phi) is 7.46. The van der Waals surface area contributed by atoms with Crippen molar-refractivity contribution >= 4 is 40.1 Å². The number of amides is 1. The van der Waals surface area contributed by atoms with Crippen molar-refractivity contribution in [2.75, 3.05) is 6.54 Å². The fraction of sp³-hybridized carbons (Fsp3) is 0.231. The smallest absolute Gasteiger partial charge is 0.220 e. The predicted molar refractivity (Wildman–Crippen MR) is 131 cm³/mol. The molecule has 0 saturated heterocycles. The summed E-state index contributed by atoms with van der Waals surface area (Å²) in [4.78, 5) is 17.0. The topological polar surface area (TPSA) is 46.9 Å². The average Bonchev–Trinajstić information content (AvgIpc) is 3.15. The van der Waals surface area contributed by atoms with Gasteiger partial charge in [0, 0.05) is 25.9 Å². The van der Waals surface area contributed by atoms with Crippen molar-refractivity contribution in [2.45, 2.75) is 32.2 Å². The lowest BCUT2D eigenvalue weighted by atomic mass is 10.1. The fourth-order valence-corrected chi connectivity index (χ4v) is 4.10. The van der Waals surface area contributed by atoms with E-state index in [4.69, 9.17) is 28.2 Å². The van der Waals surface area contributed by atoms with Gasteiger partial charge >= 0.3 is 0 Å².